The molecule has 0 unspecified atom stereocenters. The predicted molar refractivity (Wildman–Crippen MR) is 74.7 cm³/mol. The van der Waals surface area contributed by atoms with E-state index in [-0.39, 0.29) is 0 Å². The fraction of sp³-hybridized carbons (Fsp3) is 0.643. The summed E-state index contributed by atoms with van der Waals surface area (Å²) in [5, 5.41) is 3.40. The number of likely N-dealkylation sites (N-methyl/N-ethyl adjacent to an activating group) is 1. The molecule has 1 saturated carbocycles. The van der Waals surface area contributed by atoms with Gasteiger partial charge in [-0.3, -0.25) is 4.98 Å². The van der Waals surface area contributed by atoms with Crippen LogP contribution in [0.15, 0.2) is 12.3 Å². The van der Waals surface area contributed by atoms with Gasteiger partial charge in [0, 0.05) is 37.9 Å². The minimum Gasteiger partial charge on any atom is -0.493 e. The van der Waals surface area contributed by atoms with Gasteiger partial charge in [0.05, 0.1) is 19.9 Å². The zero-order valence-electron chi connectivity index (χ0n) is 12.0. The Morgan fingerprint density at radius 1 is 1.37 bits per heavy atom. The molecular weight excluding hydrogens is 242 g/mol. The Morgan fingerprint density at radius 2 is 2.16 bits per heavy atom. The highest BCUT2D eigenvalue weighted by atomic mass is 16.5. The number of ether oxygens (including phenoxy) is 2. The summed E-state index contributed by atoms with van der Waals surface area (Å²) in [5.41, 5.74) is 0.885. The van der Waals surface area contributed by atoms with Crippen LogP contribution in [-0.4, -0.2) is 50.3 Å². The Hall–Kier alpha value is -1.33. The summed E-state index contributed by atoms with van der Waals surface area (Å²) in [6, 6.07) is 2.62. The van der Waals surface area contributed by atoms with Crippen LogP contribution < -0.4 is 14.8 Å². The molecule has 0 radical (unpaired) electrons. The minimum atomic E-state index is 0.693. The van der Waals surface area contributed by atoms with Crippen LogP contribution in [0.3, 0.4) is 0 Å². The highest BCUT2D eigenvalue weighted by Crippen LogP contribution is 2.28. The van der Waals surface area contributed by atoms with E-state index in [1.165, 1.54) is 12.8 Å². The summed E-state index contributed by atoms with van der Waals surface area (Å²) in [7, 11) is 5.47. The number of methoxy groups -OCH3 is 2. The lowest BCUT2D eigenvalue weighted by atomic mass is 10.3. The number of aromatic nitrogens is 1. The first-order chi connectivity index (χ1) is 9.26. The third-order valence-corrected chi connectivity index (χ3v) is 3.47. The lowest BCUT2D eigenvalue weighted by molar-refractivity contribution is 0.319. The van der Waals surface area contributed by atoms with Crippen molar-refractivity contribution in [2.45, 2.75) is 25.4 Å². The molecule has 1 heterocycles. The van der Waals surface area contributed by atoms with Crippen molar-refractivity contribution in [3.63, 3.8) is 0 Å². The number of pyridine rings is 1. The van der Waals surface area contributed by atoms with Crippen molar-refractivity contribution in [2.24, 2.45) is 0 Å². The average Bonchev–Trinajstić information content (AvgIpc) is 3.27. The van der Waals surface area contributed by atoms with Gasteiger partial charge in [-0.05, 0) is 19.9 Å². The number of rotatable bonds is 8. The second-order valence-electron chi connectivity index (χ2n) is 4.88. The van der Waals surface area contributed by atoms with Crippen LogP contribution in [0.1, 0.15) is 18.5 Å². The van der Waals surface area contributed by atoms with Crippen molar-refractivity contribution in [3.05, 3.63) is 18.0 Å². The fourth-order valence-corrected chi connectivity index (χ4v) is 2.14. The third-order valence-electron chi connectivity index (χ3n) is 3.47. The Bertz CT molecular complexity index is 408. The zero-order valence-corrected chi connectivity index (χ0v) is 12.0. The van der Waals surface area contributed by atoms with Crippen molar-refractivity contribution in [1.82, 2.24) is 15.2 Å². The molecule has 1 N–H and O–H groups in total. The lowest BCUT2D eigenvalue weighted by Crippen LogP contribution is -2.30. The van der Waals surface area contributed by atoms with Gasteiger partial charge < -0.3 is 19.7 Å². The molecule has 1 aliphatic carbocycles. The largest absolute Gasteiger partial charge is 0.493 e. The van der Waals surface area contributed by atoms with E-state index in [2.05, 4.69) is 22.2 Å². The van der Waals surface area contributed by atoms with Gasteiger partial charge in [0.15, 0.2) is 11.5 Å². The number of hydrogen-bond acceptors (Lipinski definition) is 5. The molecular formula is C14H23N3O2. The molecule has 0 saturated heterocycles. The van der Waals surface area contributed by atoms with Gasteiger partial charge in [0.25, 0.3) is 0 Å². The molecule has 0 aromatic carbocycles. The molecule has 0 atom stereocenters. The number of hydrogen-bond donors (Lipinski definition) is 1. The summed E-state index contributed by atoms with van der Waals surface area (Å²) in [5.74, 6) is 1.44. The topological polar surface area (TPSA) is 46.6 Å². The number of nitrogens with one attached hydrogen (secondary N) is 1. The quantitative estimate of drug-likeness (QED) is 0.718. The van der Waals surface area contributed by atoms with Crippen molar-refractivity contribution < 1.29 is 9.47 Å². The zero-order chi connectivity index (χ0) is 13.7. The van der Waals surface area contributed by atoms with Crippen molar-refractivity contribution in [3.8, 4) is 11.5 Å². The van der Waals surface area contributed by atoms with Crippen molar-refractivity contribution in [2.75, 3.05) is 34.4 Å². The SMILES string of the molecule is COc1ccnc(CNCCN(C)C2CC2)c1OC. The van der Waals surface area contributed by atoms with Crippen LogP contribution in [0, 0.1) is 0 Å². The molecule has 5 heteroatoms. The van der Waals surface area contributed by atoms with Gasteiger partial charge in [0.2, 0.25) is 0 Å². The standard InChI is InChI=1S/C14H23N3O2/c1-17(11-4-5-11)9-8-15-10-12-14(19-3)13(18-2)6-7-16-12/h6-7,11,15H,4-5,8-10H2,1-3H3. The van der Waals surface area contributed by atoms with Crippen LogP contribution in [0.2, 0.25) is 0 Å². The fourth-order valence-electron chi connectivity index (χ4n) is 2.14. The maximum Gasteiger partial charge on any atom is 0.183 e. The first-order valence-electron chi connectivity index (χ1n) is 6.73. The van der Waals surface area contributed by atoms with Crippen LogP contribution in [0.25, 0.3) is 0 Å². The Balaban J connectivity index is 1.81. The van der Waals surface area contributed by atoms with Crippen LogP contribution >= 0.6 is 0 Å². The molecule has 0 aliphatic heterocycles. The first kappa shape index (κ1) is 14.1. The predicted octanol–water partition coefficient (Wildman–Crippen LogP) is 1.28. The molecule has 1 aromatic rings. The minimum absolute atomic E-state index is 0.693. The summed E-state index contributed by atoms with van der Waals surface area (Å²) in [4.78, 5) is 6.75. The molecule has 5 nitrogen and oxygen atoms in total. The third kappa shape index (κ3) is 3.81. The van der Waals surface area contributed by atoms with Gasteiger partial charge in [-0.2, -0.15) is 0 Å². The summed E-state index contributed by atoms with van der Waals surface area (Å²) in [6.45, 7) is 2.71. The maximum atomic E-state index is 5.36. The Kier molecular flexibility index (Phi) is 4.99. The molecule has 106 valence electrons. The van der Waals surface area contributed by atoms with Gasteiger partial charge >= 0.3 is 0 Å². The molecule has 2 rings (SSSR count). The van der Waals surface area contributed by atoms with Crippen molar-refractivity contribution in [1.29, 1.82) is 0 Å². The maximum absolute atomic E-state index is 5.36. The molecule has 0 amide bonds. The lowest BCUT2D eigenvalue weighted by Gasteiger charge is -2.16. The van der Waals surface area contributed by atoms with Gasteiger partial charge in [-0.25, -0.2) is 0 Å². The highest BCUT2D eigenvalue weighted by Gasteiger charge is 2.25. The van der Waals surface area contributed by atoms with Gasteiger partial charge in [0.1, 0.15) is 0 Å². The van der Waals surface area contributed by atoms with E-state index in [1.807, 2.05) is 6.07 Å². The van der Waals surface area contributed by atoms with Crippen LogP contribution in [0.4, 0.5) is 0 Å². The summed E-state index contributed by atoms with van der Waals surface area (Å²) in [6.07, 6.45) is 4.44. The summed E-state index contributed by atoms with van der Waals surface area (Å²) < 4.78 is 10.6. The van der Waals surface area contributed by atoms with E-state index in [0.717, 1.165) is 30.6 Å². The Morgan fingerprint density at radius 3 is 2.79 bits per heavy atom. The average molecular weight is 265 g/mol. The van der Waals surface area contributed by atoms with E-state index in [9.17, 15) is 0 Å². The highest BCUT2D eigenvalue weighted by molar-refractivity contribution is 5.42. The van der Waals surface area contributed by atoms with E-state index in [4.69, 9.17) is 9.47 Å². The molecule has 0 spiro atoms. The van der Waals surface area contributed by atoms with E-state index in [0.29, 0.717) is 12.3 Å². The second-order valence-corrected chi connectivity index (χ2v) is 4.88. The van der Waals surface area contributed by atoms with Crippen LogP contribution in [-0.2, 0) is 6.54 Å². The molecule has 1 fully saturated rings. The molecule has 1 aliphatic rings. The number of nitrogens with zero attached hydrogens (tertiary/aromatic N) is 2. The van der Waals surface area contributed by atoms with E-state index in [1.54, 1.807) is 20.4 Å². The normalized spacial score (nSPS) is 14.7. The monoisotopic (exact) mass is 265 g/mol. The van der Waals surface area contributed by atoms with Crippen LogP contribution in [0.5, 0.6) is 11.5 Å². The smallest absolute Gasteiger partial charge is 0.183 e. The first-order valence-corrected chi connectivity index (χ1v) is 6.73. The molecule has 1 aromatic heterocycles. The van der Waals surface area contributed by atoms with Crippen molar-refractivity contribution >= 4 is 0 Å². The Labute approximate surface area is 114 Å². The van der Waals surface area contributed by atoms with Gasteiger partial charge in [-0.1, -0.05) is 0 Å². The molecule has 0 bridgehead atoms. The second kappa shape index (κ2) is 6.73. The molecule has 19 heavy (non-hydrogen) atoms. The van der Waals surface area contributed by atoms with Gasteiger partial charge in [-0.15, -0.1) is 0 Å². The van der Waals surface area contributed by atoms with E-state index < -0.39 is 0 Å². The van der Waals surface area contributed by atoms with E-state index >= 15 is 0 Å². The summed E-state index contributed by atoms with van der Waals surface area (Å²) >= 11 is 0.